The number of furan rings is 1. The highest BCUT2D eigenvalue weighted by Crippen LogP contribution is 2.26. The molecule has 0 amide bonds. The highest BCUT2D eigenvalue weighted by molar-refractivity contribution is 7.99. The molecule has 0 aliphatic carbocycles. The van der Waals surface area contributed by atoms with E-state index in [0.717, 1.165) is 17.6 Å². The summed E-state index contributed by atoms with van der Waals surface area (Å²) < 4.78 is 30.0. The van der Waals surface area contributed by atoms with E-state index in [1.54, 1.807) is 6.26 Å². The van der Waals surface area contributed by atoms with Crippen molar-refractivity contribution in [2.45, 2.75) is 17.0 Å². The highest BCUT2D eigenvalue weighted by Gasteiger charge is 2.16. The third-order valence-electron chi connectivity index (χ3n) is 3.87. The van der Waals surface area contributed by atoms with E-state index < -0.39 is 9.84 Å². The molecule has 136 valence electrons. The number of carbonyl (C=O) groups is 1. The largest absolute Gasteiger partial charge is 0.469 e. The van der Waals surface area contributed by atoms with Gasteiger partial charge in [0.1, 0.15) is 5.76 Å². The van der Waals surface area contributed by atoms with Gasteiger partial charge in [-0.2, -0.15) is 0 Å². The summed E-state index contributed by atoms with van der Waals surface area (Å²) in [6, 6.07) is 7.75. The molecule has 0 saturated carbocycles. The summed E-state index contributed by atoms with van der Waals surface area (Å²) in [5, 5.41) is 8.90. The Morgan fingerprint density at radius 3 is 2.46 bits per heavy atom. The van der Waals surface area contributed by atoms with Crippen molar-refractivity contribution in [3.05, 3.63) is 47.9 Å². The first kappa shape index (κ1) is 18.4. The number of carbonyl (C=O) groups excluding carboxylic acids is 1. The first-order valence-corrected chi connectivity index (χ1v) is 10.5. The molecule has 3 rings (SSSR count). The molecule has 26 heavy (non-hydrogen) atoms. The van der Waals surface area contributed by atoms with Crippen molar-refractivity contribution < 1.29 is 17.6 Å². The molecule has 0 bridgehead atoms. The predicted octanol–water partition coefficient (Wildman–Crippen LogP) is 2.76. The number of sulfone groups is 1. The van der Waals surface area contributed by atoms with Crippen LogP contribution in [0.3, 0.4) is 0 Å². The van der Waals surface area contributed by atoms with Crippen LogP contribution in [-0.4, -0.2) is 41.0 Å². The predicted molar refractivity (Wildman–Crippen MR) is 98.0 cm³/mol. The average molecular weight is 391 g/mol. The molecule has 9 heteroatoms. The van der Waals surface area contributed by atoms with E-state index in [4.69, 9.17) is 4.42 Å². The van der Waals surface area contributed by atoms with Gasteiger partial charge in [0.2, 0.25) is 0 Å². The first-order chi connectivity index (χ1) is 12.3. The third kappa shape index (κ3) is 3.73. The number of aryl methyl sites for hydroxylation is 1. The number of aromatic nitrogens is 3. The maximum absolute atomic E-state index is 12.3. The van der Waals surface area contributed by atoms with Crippen LogP contribution in [0, 0.1) is 6.92 Å². The lowest BCUT2D eigenvalue weighted by atomic mass is 10.1. The van der Waals surface area contributed by atoms with Crippen LogP contribution in [-0.2, 0) is 16.9 Å². The summed E-state index contributed by atoms with van der Waals surface area (Å²) in [6.45, 7) is 1.85. The number of rotatable bonds is 6. The molecule has 0 aliphatic heterocycles. The molecule has 7 nitrogen and oxygen atoms in total. The Labute approximate surface area is 155 Å². The topological polar surface area (TPSA) is 95.1 Å². The minimum Gasteiger partial charge on any atom is -0.469 e. The molecule has 3 aromatic rings. The van der Waals surface area contributed by atoms with Crippen LogP contribution in [0.1, 0.15) is 16.1 Å². The molecule has 0 atom stereocenters. The average Bonchev–Trinajstić information content (AvgIpc) is 3.17. The molecule has 0 fully saturated rings. The van der Waals surface area contributed by atoms with Gasteiger partial charge in [-0.3, -0.25) is 4.79 Å². The molecular formula is C17H17N3O4S2. The van der Waals surface area contributed by atoms with Crippen molar-refractivity contribution in [3.63, 3.8) is 0 Å². The maximum atomic E-state index is 12.3. The van der Waals surface area contributed by atoms with Crippen molar-refractivity contribution in [2.24, 2.45) is 7.05 Å². The molecule has 0 spiro atoms. The van der Waals surface area contributed by atoms with Gasteiger partial charge in [0.25, 0.3) is 0 Å². The fourth-order valence-electron chi connectivity index (χ4n) is 2.39. The number of hydrogen-bond donors (Lipinski definition) is 0. The fraction of sp³-hybridized carbons (Fsp3) is 0.235. The number of Topliss-reactive ketones (excluding diaryl/α,β-unsaturated/α-hetero) is 1. The fourth-order valence-corrected chi connectivity index (χ4v) is 3.83. The first-order valence-electron chi connectivity index (χ1n) is 7.67. The van der Waals surface area contributed by atoms with Crippen molar-refractivity contribution in [2.75, 3.05) is 12.0 Å². The van der Waals surface area contributed by atoms with Gasteiger partial charge < -0.3 is 8.98 Å². The number of thioether (sulfide) groups is 1. The number of nitrogens with zero attached hydrogens (tertiary/aromatic N) is 3. The normalized spacial score (nSPS) is 11.7. The van der Waals surface area contributed by atoms with E-state index in [-0.39, 0.29) is 16.4 Å². The van der Waals surface area contributed by atoms with E-state index in [1.165, 1.54) is 36.0 Å². The van der Waals surface area contributed by atoms with Crippen molar-refractivity contribution in [1.82, 2.24) is 14.8 Å². The van der Waals surface area contributed by atoms with Crippen LogP contribution in [0.25, 0.3) is 11.4 Å². The van der Waals surface area contributed by atoms with Gasteiger partial charge in [0.05, 0.1) is 22.5 Å². The van der Waals surface area contributed by atoms with Crippen molar-refractivity contribution in [1.29, 1.82) is 0 Å². The van der Waals surface area contributed by atoms with Gasteiger partial charge in [-0.25, -0.2) is 8.42 Å². The number of ketones is 1. The van der Waals surface area contributed by atoms with Crippen LogP contribution in [0.2, 0.25) is 0 Å². The summed E-state index contributed by atoms with van der Waals surface area (Å²) >= 11 is 1.27. The van der Waals surface area contributed by atoms with Crippen LogP contribution in [0.4, 0.5) is 0 Å². The standard InChI is InChI=1S/C17H17N3O4S2/c1-11-14(8-9-24-11)16-18-19-17(20(16)2)25-10-15(21)12-4-6-13(7-5-12)26(3,22)23/h4-9H,10H2,1-3H3. The van der Waals surface area contributed by atoms with Gasteiger partial charge in [-0.05, 0) is 25.1 Å². The van der Waals surface area contributed by atoms with E-state index in [0.29, 0.717) is 16.5 Å². The Morgan fingerprint density at radius 2 is 1.88 bits per heavy atom. The zero-order valence-corrected chi connectivity index (χ0v) is 16.1. The Hall–Kier alpha value is -2.39. The highest BCUT2D eigenvalue weighted by atomic mass is 32.2. The Kier molecular flexibility index (Phi) is 5.01. The lowest BCUT2D eigenvalue weighted by molar-refractivity contribution is 0.102. The van der Waals surface area contributed by atoms with E-state index in [9.17, 15) is 13.2 Å². The van der Waals surface area contributed by atoms with Gasteiger partial charge in [0, 0.05) is 18.9 Å². The molecule has 0 aliphatic rings. The van der Waals surface area contributed by atoms with E-state index in [1.807, 2.05) is 24.6 Å². The third-order valence-corrected chi connectivity index (χ3v) is 6.02. The lowest BCUT2D eigenvalue weighted by Crippen LogP contribution is -2.05. The summed E-state index contributed by atoms with van der Waals surface area (Å²) in [4.78, 5) is 12.5. The summed E-state index contributed by atoms with van der Waals surface area (Å²) in [7, 11) is -1.45. The second-order valence-electron chi connectivity index (χ2n) is 5.76. The van der Waals surface area contributed by atoms with Gasteiger partial charge in [0.15, 0.2) is 26.6 Å². The van der Waals surface area contributed by atoms with Gasteiger partial charge in [-0.15, -0.1) is 10.2 Å². The second-order valence-corrected chi connectivity index (χ2v) is 8.72. The van der Waals surface area contributed by atoms with Gasteiger partial charge >= 0.3 is 0 Å². The van der Waals surface area contributed by atoms with Gasteiger partial charge in [-0.1, -0.05) is 23.9 Å². The zero-order chi connectivity index (χ0) is 18.9. The number of benzene rings is 1. The molecule has 0 N–H and O–H groups in total. The summed E-state index contributed by atoms with van der Waals surface area (Å²) in [5.41, 5.74) is 1.31. The smallest absolute Gasteiger partial charge is 0.191 e. The Morgan fingerprint density at radius 1 is 1.19 bits per heavy atom. The molecule has 0 radical (unpaired) electrons. The molecular weight excluding hydrogens is 374 g/mol. The lowest BCUT2D eigenvalue weighted by Gasteiger charge is -2.04. The van der Waals surface area contributed by atoms with E-state index >= 15 is 0 Å². The molecule has 0 saturated heterocycles. The van der Waals surface area contributed by atoms with Crippen LogP contribution in [0.5, 0.6) is 0 Å². The Balaban J connectivity index is 1.71. The SMILES string of the molecule is Cc1occc1-c1nnc(SCC(=O)c2ccc(S(C)(=O)=O)cc2)n1C. The molecule has 1 aromatic carbocycles. The van der Waals surface area contributed by atoms with Crippen LogP contribution >= 0.6 is 11.8 Å². The monoisotopic (exact) mass is 391 g/mol. The summed E-state index contributed by atoms with van der Waals surface area (Å²) in [5.74, 6) is 1.48. The summed E-state index contributed by atoms with van der Waals surface area (Å²) in [6.07, 6.45) is 2.73. The number of hydrogen-bond acceptors (Lipinski definition) is 7. The minimum absolute atomic E-state index is 0.112. The van der Waals surface area contributed by atoms with Crippen LogP contribution in [0.15, 0.2) is 51.1 Å². The quantitative estimate of drug-likeness (QED) is 0.471. The van der Waals surface area contributed by atoms with E-state index in [2.05, 4.69) is 10.2 Å². The Bertz CT molecular complexity index is 1050. The maximum Gasteiger partial charge on any atom is 0.191 e. The second kappa shape index (κ2) is 7.08. The minimum atomic E-state index is -3.27. The molecule has 2 heterocycles. The molecule has 2 aromatic heterocycles. The zero-order valence-electron chi connectivity index (χ0n) is 14.5. The van der Waals surface area contributed by atoms with Crippen molar-refractivity contribution >= 4 is 27.4 Å². The van der Waals surface area contributed by atoms with Crippen molar-refractivity contribution in [3.8, 4) is 11.4 Å². The van der Waals surface area contributed by atoms with Crippen LogP contribution < -0.4 is 0 Å². The molecule has 0 unspecified atom stereocenters.